The van der Waals surface area contributed by atoms with Crippen LogP contribution in [0.15, 0.2) is 0 Å². The number of aliphatic carboxylic acids is 2. The maximum atomic E-state index is 9.00. The predicted octanol–water partition coefficient (Wildman–Crippen LogP) is -5.25. The van der Waals surface area contributed by atoms with Gasteiger partial charge in [-0.15, -0.1) is 0 Å². The summed E-state index contributed by atoms with van der Waals surface area (Å²) >= 11 is 0. The van der Waals surface area contributed by atoms with E-state index in [9.17, 15) is 0 Å². The molecule has 7 heteroatoms. The van der Waals surface area contributed by atoms with Gasteiger partial charge in [-0.3, -0.25) is 4.79 Å². The Labute approximate surface area is 99.6 Å². The molecule has 0 bridgehead atoms. The van der Waals surface area contributed by atoms with E-state index in [1.807, 2.05) is 0 Å². The van der Waals surface area contributed by atoms with Crippen LogP contribution in [0.3, 0.4) is 0 Å². The summed E-state index contributed by atoms with van der Waals surface area (Å²) in [6.07, 6.45) is 0. The number of rotatable bonds is 1. The van der Waals surface area contributed by atoms with E-state index in [-0.39, 0.29) is 29.6 Å². The van der Waals surface area contributed by atoms with Crippen LogP contribution in [0.25, 0.3) is 0 Å². The molecular weight excluding hydrogens is 187 g/mol. The van der Waals surface area contributed by atoms with E-state index in [2.05, 4.69) is 0 Å². The monoisotopic (exact) mass is 202 g/mol. The summed E-state index contributed by atoms with van der Waals surface area (Å²) in [5.41, 5.74) is 9.81. The Morgan fingerprint density at radius 2 is 1.31 bits per heavy atom. The number of carbonyl (C=O) groups excluding carboxylic acids is 1. The number of nitrogens with two attached hydrogens (primary N) is 2. The molecule has 0 aromatic rings. The van der Waals surface area contributed by atoms with Crippen molar-refractivity contribution in [3.05, 3.63) is 0 Å². The van der Waals surface area contributed by atoms with Crippen LogP contribution in [-0.4, -0.2) is 30.1 Å². The van der Waals surface area contributed by atoms with Gasteiger partial charge in [0.1, 0.15) is 0 Å². The van der Waals surface area contributed by atoms with E-state index in [1.165, 1.54) is 0 Å². The van der Waals surface area contributed by atoms with Crippen molar-refractivity contribution in [2.24, 2.45) is 11.5 Å². The molecule has 5 N–H and O–H groups in total. The molecule has 0 aliphatic carbocycles. The van der Waals surface area contributed by atoms with E-state index in [0.29, 0.717) is 13.1 Å². The molecule has 0 saturated carbocycles. The van der Waals surface area contributed by atoms with Crippen LogP contribution in [0.1, 0.15) is 13.8 Å². The van der Waals surface area contributed by atoms with Gasteiger partial charge in [0.2, 0.25) is 0 Å². The van der Waals surface area contributed by atoms with Crippen LogP contribution in [0.5, 0.6) is 0 Å². The standard InChI is InChI=1S/C2H8N2.2C2H4O2.Na/c3-1-2-4;2*1-2(3)4;/h1-4H2;2*1H3,(H,3,4);/q;;;+1/p-1. The van der Waals surface area contributed by atoms with Crippen LogP contribution in [-0.2, 0) is 9.59 Å². The average Bonchev–Trinajstić information content (AvgIpc) is 1.85. The van der Waals surface area contributed by atoms with Gasteiger partial charge in [0.05, 0.1) is 0 Å². The fourth-order valence-electron chi connectivity index (χ4n) is 0. The Kier molecular flexibility index (Phi) is 40.1. The van der Waals surface area contributed by atoms with Crippen molar-refractivity contribution >= 4 is 11.9 Å². The molecule has 0 saturated heterocycles. The first-order chi connectivity index (χ1) is 5.38. The first-order valence-corrected chi connectivity index (χ1v) is 3.15. The second-order valence-corrected chi connectivity index (χ2v) is 1.59. The molecule has 6 nitrogen and oxygen atoms in total. The zero-order chi connectivity index (χ0) is 10.6. The van der Waals surface area contributed by atoms with Crippen LogP contribution < -0.4 is 46.1 Å². The molecule has 0 fully saturated rings. The summed E-state index contributed by atoms with van der Waals surface area (Å²) in [6.45, 7) is 3.25. The summed E-state index contributed by atoms with van der Waals surface area (Å²) < 4.78 is 0. The fraction of sp³-hybridized carbons (Fsp3) is 0.667. The fourth-order valence-corrected chi connectivity index (χ4v) is 0. The van der Waals surface area contributed by atoms with Crippen molar-refractivity contribution in [3.8, 4) is 0 Å². The minimum atomic E-state index is -1.08. The maximum Gasteiger partial charge on any atom is 1.00 e. The minimum Gasteiger partial charge on any atom is -0.550 e. The van der Waals surface area contributed by atoms with Gasteiger partial charge in [-0.05, 0) is 6.92 Å². The third kappa shape index (κ3) is 1560. The zero-order valence-electron chi connectivity index (χ0n) is 8.24. The second kappa shape index (κ2) is 22.6. The summed E-state index contributed by atoms with van der Waals surface area (Å²) in [4.78, 5) is 17.9. The molecule has 0 atom stereocenters. The van der Waals surface area contributed by atoms with Crippen LogP contribution in [0, 0.1) is 0 Å². The van der Waals surface area contributed by atoms with Crippen molar-refractivity contribution in [1.29, 1.82) is 0 Å². The van der Waals surface area contributed by atoms with Gasteiger partial charge in [0.25, 0.3) is 5.97 Å². The van der Waals surface area contributed by atoms with Crippen LogP contribution in [0.2, 0.25) is 0 Å². The summed E-state index contributed by atoms with van der Waals surface area (Å²) in [5.74, 6) is -1.92. The average molecular weight is 202 g/mol. The molecule has 0 aromatic heterocycles. The first-order valence-electron chi connectivity index (χ1n) is 3.15. The topological polar surface area (TPSA) is 129 Å². The molecular formula is C6H15N2NaO4. The van der Waals surface area contributed by atoms with Crippen LogP contribution in [0.4, 0.5) is 0 Å². The van der Waals surface area contributed by atoms with Crippen LogP contribution >= 0.6 is 0 Å². The van der Waals surface area contributed by atoms with Crippen molar-refractivity contribution in [2.75, 3.05) is 13.1 Å². The molecule has 0 aliphatic heterocycles. The van der Waals surface area contributed by atoms with Gasteiger partial charge in [-0.2, -0.15) is 0 Å². The zero-order valence-corrected chi connectivity index (χ0v) is 10.2. The van der Waals surface area contributed by atoms with E-state index in [1.54, 1.807) is 0 Å². The Bertz CT molecular complexity index is 99.2. The normalized spacial score (nSPS) is 6.15. The summed E-state index contributed by atoms with van der Waals surface area (Å²) in [6, 6.07) is 0. The van der Waals surface area contributed by atoms with E-state index in [4.69, 9.17) is 31.3 Å². The van der Waals surface area contributed by atoms with Crippen molar-refractivity contribution < 1.29 is 49.4 Å². The number of carboxylic acid groups (broad SMARTS) is 2. The molecule has 0 amide bonds. The maximum absolute atomic E-state index is 9.00. The van der Waals surface area contributed by atoms with E-state index in [0.717, 1.165) is 13.8 Å². The number of hydrogen-bond acceptors (Lipinski definition) is 5. The van der Waals surface area contributed by atoms with Crippen molar-refractivity contribution in [1.82, 2.24) is 0 Å². The molecule has 0 aliphatic rings. The number of hydrogen-bond donors (Lipinski definition) is 3. The molecule has 0 heterocycles. The molecule has 0 radical (unpaired) electrons. The predicted molar refractivity (Wildman–Crippen MR) is 42.1 cm³/mol. The van der Waals surface area contributed by atoms with E-state index < -0.39 is 11.9 Å². The molecule has 0 spiro atoms. The van der Waals surface area contributed by atoms with Gasteiger partial charge >= 0.3 is 29.6 Å². The largest absolute Gasteiger partial charge is 1.00 e. The molecule has 74 valence electrons. The minimum absolute atomic E-state index is 0. The number of carboxylic acids is 2. The summed E-state index contributed by atoms with van der Waals surface area (Å²) in [5, 5.41) is 16.3. The SMILES string of the molecule is CC(=O)O.CC(=O)[O-].NCCN.[Na+]. The Morgan fingerprint density at radius 3 is 1.31 bits per heavy atom. The Balaban J connectivity index is -0.0000000450. The van der Waals surface area contributed by atoms with Crippen molar-refractivity contribution in [2.45, 2.75) is 13.8 Å². The molecule has 0 rings (SSSR count). The first kappa shape index (κ1) is 23.0. The van der Waals surface area contributed by atoms with Gasteiger partial charge in [0, 0.05) is 26.0 Å². The molecule has 0 aromatic carbocycles. The number of carbonyl (C=O) groups is 2. The third-order valence-corrected chi connectivity index (χ3v) is 0.167. The van der Waals surface area contributed by atoms with Gasteiger partial charge < -0.3 is 26.5 Å². The smallest absolute Gasteiger partial charge is 0.550 e. The Hall–Kier alpha value is -0.140. The van der Waals surface area contributed by atoms with Gasteiger partial charge in [0.15, 0.2) is 0 Å². The molecule has 13 heavy (non-hydrogen) atoms. The quantitative estimate of drug-likeness (QED) is 0.364. The third-order valence-electron chi connectivity index (χ3n) is 0.167. The van der Waals surface area contributed by atoms with E-state index >= 15 is 0 Å². The summed E-state index contributed by atoms with van der Waals surface area (Å²) in [7, 11) is 0. The van der Waals surface area contributed by atoms with Crippen molar-refractivity contribution in [3.63, 3.8) is 0 Å². The second-order valence-electron chi connectivity index (χ2n) is 1.59. The van der Waals surface area contributed by atoms with Gasteiger partial charge in [-0.25, -0.2) is 0 Å². The Morgan fingerprint density at radius 1 is 1.23 bits per heavy atom. The van der Waals surface area contributed by atoms with Gasteiger partial charge in [-0.1, -0.05) is 0 Å². The molecule has 0 unspecified atom stereocenters.